The minimum Gasteiger partial charge on any atom is -0.501 e. The number of ether oxygens (including phenoxy) is 1. The SMILES string of the molecule is Nc1cc(Cl)cc([N+](=O)[O-])c1O.O=C1COc2c(cc(Cl)cc2[N+](=O)[O-])N1. The highest BCUT2D eigenvalue weighted by molar-refractivity contribution is 6.31. The van der Waals surface area contributed by atoms with Crippen LogP contribution in [0.15, 0.2) is 24.3 Å². The summed E-state index contributed by atoms with van der Waals surface area (Å²) in [7, 11) is 0. The molecule has 0 atom stereocenters. The van der Waals surface area contributed by atoms with E-state index in [-0.39, 0.29) is 45.4 Å². The lowest BCUT2D eigenvalue weighted by atomic mass is 10.2. The number of benzene rings is 2. The number of hydrogen-bond acceptors (Lipinski definition) is 8. The molecule has 0 saturated heterocycles. The summed E-state index contributed by atoms with van der Waals surface area (Å²) >= 11 is 11.1. The number of phenolic OH excluding ortho intramolecular Hbond substituents is 1. The molecule has 3 rings (SSSR count). The third-order valence-corrected chi connectivity index (χ3v) is 3.57. The van der Waals surface area contributed by atoms with Crippen molar-refractivity contribution in [1.29, 1.82) is 0 Å². The van der Waals surface area contributed by atoms with Crippen LogP contribution >= 0.6 is 23.2 Å². The molecule has 2 aromatic rings. The number of nitrogen functional groups attached to an aromatic ring is 1. The summed E-state index contributed by atoms with van der Waals surface area (Å²) in [6, 6.07) is 4.86. The molecule has 4 N–H and O–H groups in total. The quantitative estimate of drug-likeness (QED) is 0.289. The summed E-state index contributed by atoms with van der Waals surface area (Å²) in [6.45, 7) is -0.227. The molecule has 0 unspecified atom stereocenters. The molecule has 13 heteroatoms. The van der Waals surface area contributed by atoms with Crippen LogP contribution < -0.4 is 15.8 Å². The van der Waals surface area contributed by atoms with E-state index in [0.717, 1.165) is 6.07 Å². The van der Waals surface area contributed by atoms with Crippen LogP contribution in [-0.2, 0) is 4.79 Å². The predicted octanol–water partition coefficient (Wildman–Crippen LogP) is 3.12. The molecule has 27 heavy (non-hydrogen) atoms. The lowest BCUT2D eigenvalue weighted by molar-refractivity contribution is -0.385. The normalized spacial score (nSPS) is 12.0. The second-order valence-electron chi connectivity index (χ2n) is 5.02. The average molecular weight is 417 g/mol. The number of nitrogens with two attached hydrogens (primary N) is 1. The van der Waals surface area contributed by atoms with Crippen molar-refractivity contribution >= 4 is 51.9 Å². The van der Waals surface area contributed by atoms with Crippen LogP contribution in [0.25, 0.3) is 0 Å². The Hall–Kier alpha value is -3.31. The number of nitro benzene ring substituents is 2. The highest BCUT2D eigenvalue weighted by Crippen LogP contribution is 2.39. The van der Waals surface area contributed by atoms with Crippen LogP contribution in [0.1, 0.15) is 0 Å². The highest BCUT2D eigenvalue weighted by Gasteiger charge is 2.26. The zero-order valence-corrected chi connectivity index (χ0v) is 14.7. The summed E-state index contributed by atoms with van der Waals surface area (Å²) in [5, 5.41) is 32.7. The second-order valence-corrected chi connectivity index (χ2v) is 5.89. The van der Waals surface area contributed by atoms with Gasteiger partial charge in [0, 0.05) is 22.2 Å². The van der Waals surface area contributed by atoms with Gasteiger partial charge in [-0.3, -0.25) is 25.0 Å². The van der Waals surface area contributed by atoms with Crippen LogP contribution in [0.3, 0.4) is 0 Å². The Kier molecular flexibility index (Phi) is 5.88. The van der Waals surface area contributed by atoms with Gasteiger partial charge in [0.05, 0.1) is 21.2 Å². The van der Waals surface area contributed by atoms with Gasteiger partial charge in [-0.2, -0.15) is 0 Å². The zero-order valence-electron chi connectivity index (χ0n) is 13.1. The molecule has 1 heterocycles. The van der Waals surface area contributed by atoms with Gasteiger partial charge in [-0.15, -0.1) is 0 Å². The van der Waals surface area contributed by atoms with Crippen molar-refractivity contribution in [2.75, 3.05) is 17.7 Å². The number of rotatable bonds is 2. The van der Waals surface area contributed by atoms with E-state index in [4.69, 9.17) is 38.8 Å². The van der Waals surface area contributed by atoms with Crippen molar-refractivity contribution in [1.82, 2.24) is 0 Å². The van der Waals surface area contributed by atoms with Gasteiger partial charge in [0.25, 0.3) is 5.91 Å². The van der Waals surface area contributed by atoms with Crippen molar-refractivity contribution in [2.45, 2.75) is 0 Å². The third kappa shape index (κ3) is 4.65. The molecule has 142 valence electrons. The van der Waals surface area contributed by atoms with Gasteiger partial charge in [0.1, 0.15) is 0 Å². The molecular formula is C14H10Cl2N4O7. The molecule has 0 aromatic heterocycles. The summed E-state index contributed by atoms with van der Waals surface area (Å²) in [5.74, 6) is -0.868. The summed E-state index contributed by atoms with van der Waals surface area (Å²) in [5.41, 5.74) is 4.61. The zero-order chi connectivity index (χ0) is 20.3. The first kappa shape index (κ1) is 20.0. The number of halogens is 2. The van der Waals surface area contributed by atoms with Gasteiger partial charge in [0.2, 0.25) is 11.5 Å². The van der Waals surface area contributed by atoms with E-state index in [1.807, 2.05) is 0 Å². The lowest BCUT2D eigenvalue weighted by Gasteiger charge is -2.17. The first-order chi connectivity index (χ1) is 12.6. The number of phenols is 1. The molecule has 0 radical (unpaired) electrons. The van der Waals surface area contributed by atoms with Gasteiger partial charge in [-0.25, -0.2) is 0 Å². The number of amides is 1. The number of nitrogens with one attached hydrogen (secondary N) is 1. The summed E-state index contributed by atoms with van der Waals surface area (Å²) < 4.78 is 4.97. The number of carbonyl (C=O) groups excluding carboxylic acids is 1. The summed E-state index contributed by atoms with van der Waals surface area (Å²) in [6.07, 6.45) is 0. The van der Waals surface area contributed by atoms with Gasteiger partial charge < -0.3 is 20.9 Å². The Morgan fingerprint density at radius 2 is 1.63 bits per heavy atom. The Balaban J connectivity index is 0.000000199. The molecule has 0 fully saturated rings. The average Bonchev–Trinajstić information content (AvgIpc) is 2.57. The molecule has 0 aliphatic carbocycles. The minimum absolute atomic E-state index is 0.0454. The van der Waals surface area contributed by atoms with E-state index >= 15 is 0 Å². The molecule has 11 nitrogen and oxygen atoms in total. The maximum atomic E-state index is 11.0. The van der Waals surface area contributed by atoms with Crippen molar-refractivity contribution in [3.05, 3.63) is 54.5 Å². The topological polar surface area (TPSA) is 171 Å². The van der Waals surface area contributed by atoms with E-state index < -0.39 is 21.3 Å². The van der Waals surface area contributed by atoms with E-state index in [1.54, 1.807) is 0 Å². The summed E-state index contributed by atoms with van der Waals surface area (Å²) in [4.78, 5) is 30.5. The van der Waals surface area contributed by atoms with Gasteiger partial charge in [0.15, 0.2) is 6.61 Å². The number of carbonyl (C=O) groups is 1. The van der Waals surface area contributed by atoms with E-state index in [9.17, 15) is 25.0 Å². The number of nitro groups is 2. The molecule has 1 aliphatic heterocycles. The lowest BCUT2D eigenvalue weighted by Crippen LogP contribution is -2.25. The standard InChI is InChI=1S/C8H5ClN2O4.C6H5ClN2O3/c9-4-1-5-8(6(2-4)11(13)14)15-3-7(12)10-5;7-3-1-4(8)6(10)5(2-3)9(11)12/h1-2H,3H2,(H,10,12);1-2,10H,8H2. The Morgan fingerprint density at radius 1 is 1.07 bits per heavy atom. The van der Waals surface area contributed by atoms with Crippen LogP contribution in [-0.4, -0.2) is 27.5 Å². The third-order valence-electron chi connectivity index (χ3n) is 3.13. The number of anilines is 2. The number of nitrogens with zero attached hydrogens (tertiary/aromatic N) is 2. The minimum atomic E-state index is -0.752. The van der Waals surface area contributed by atoms with E-state index in [0.29, 0.717) is 0 Å². The molecule has 1 amide bonds. The van der Waals surface area contributed by atoms with Crippen LogP contribution in [0.4, 0.5) is 22.7 Å². The maximum Gasteiger partial charge on any atom is 0.314 e. The number of aromatic hydroxyl groups is 1. The molecule has 0 spiro atoms. The fourth-order valence-electron chi connectivity index (χ4n) is 2.03. The Morgan fingerprint density at radius 3 is 2.22 bits per heavy atom. The second kappa shape index (κ2) is 7.93. The van der Waals surface area contributed by atoms with Crippen LogP contribution in [0.2, 0.25) is 10.0 Å². The van der Waals surface area contributed by atoms with Gasteiger partial charge >= 0.3 is 11.4 Å². The number of hydrogen-bond donors (Lipinski definition) is 3. The smallest absolute Gasteiger partial charge is 0.314 e. The van der Waals surface area contributed by atoms with Crippen LogP contribution in [0, 0.1) is 20.2 Å². The first-order valence-corrected chi connectivity index (χ1v) is 7.68. The fourth-order valence-corrected chi connectivity index (χ4v) is 2.46. The molecular weight excluding hydrogens is 407 g/mol. The van der Waals surface area contributed by atoms with Crippen molar-refractivity contribution in [3.63, 3.8) is 0 Å². The van der Waals surface area contributed by atoms with Crippen molar-refractivity contribution < 1.29 is 24.5 Å². The number of fused-ring (bicyclic) bond motifs is 1. The molecule has 0 bridgehead atoms. The maximum absolute atomic E-state index is 11.0. The van der Waals surface area contributed by atoms with Crippen LogP contribution in [0.5, 0.6) is 11.5 Å². The monoisotopic (exact) mass is 416 g/mol. The highest BCUT2D eigenvalue weighted by atomic mass is 35.5. The van der Waals surface area contributed by atoms with E-state index in [1.165, 1.54) is 18.2 Å². The Labute approximate surface area is 160 Å². The van der Waals surface area contributed by atoms with E-state index in [2.05, 4.69) is 5.32 Å². The largest absolute Gasteiger partial charge is 0.501 e. The van der Waals surface area contributed by atoms with Crippen molar-refractivity contribution in [2.24, 2.45) is 0 Å². The van der Waals surface area contributed by atoms with Gasteiger partial charge in [-0.05, 0) is 12.1 Å². The molecule has 2 aromatic carbocycles. The Bertz CT molecular complexity index is 952. The molecule has 0 saturated carbocycles. The fraction of sp³-hybridized carbons (Fsp3) is 0.0714. The van der Waals surface area contributed by atoms with Crippen molar-refractivity contribution in [3.8, 4) is 11.5 Å². The predicted molar refractivity (Wildman–Crippen MR) is 96.4 cm³/mol. The first-order valence-electron chi connectivity index (χ1n) is 6.93. The van der Waals surface area contributed by atoms with Gasteiger partial charge in [-0.1, -0.05) is 23.2 Å². The molecule has 1 aliphatic rings.